The first-order valence-electron chi connectivity index (χ1n) is 8.05. The van der Waals surface area contributed by atoms with Crippen molar-refractivity contribution in [2.24, 2.45) is 0 Å². The fraction of sp³-hybridized carbons (Fsp3) is 0.588. The molecule has 2 fully saturated rings. The largest absolute Gasteiger partial charge is 0.367 e. The maximum Gasteiger partial charge on any atom is 0.101 e. The molecule has 2 heterocycles. The second kappa shape index (κ2) is 6.87. The van der Waals surface area contributed by atoms with E-state index < -0.39 is 0 Å². The molecule has 5 heteroatoms. The van der Waals surface area contributed by atoms with Crippen molar-refractivity contribution in [3.8, 4) is 6.07 Å². The summed E-state index contributed by atoms with van der Waals surface area (Å²) in [6.45, 7) is 6.39. The third kappa shape index (κ3) is 3.22. The van der Waals surface area contributed by atoms with E-state index in [2.05, 4.69) is 27.8 Å². The zero-order chi connectivity index (χ0) is 15.5. The predicted molar refractivity (Wildman–Crippen MR) is 90.5 cm³/mol. The van der Waals surface area contributed by atoms with E-state index in [1.165, 1.54) is 25.9 Å². The van der Waals surface area contributed by atoms with Gasteiger partial charge in [0.25, 0.3) is 0 Å². The molecule has 1 unspecified atom stereocenters. The Labute approximate surface area is 137 Å². The van der Waals surface area contributed by atoms with Crippen LogP contribution in [0.5, 0.6) is 0 Å². The Morgan fingerprint density at radius 1 is 1.18 bits per heavy atom. The topological polar surface area (TPSA) is 33.5 Å². The van der Waals surface area contributed by atoms with E-state index in [0.29, 0.717) is 16.6 Å². The number of hydrogen-bond acceptors (Lipinski definition) is 4. The number of likely N-dealkylation sites (tertiary alicyclic amines) is 1. The van der Waals surface area contributed by atoms with Gasteiger partial charge in [-0.15, -0.1) is 0 Å². The van der Waals surface area contributed by atoms with Crippen molar-refractivity contribution >= 4 is 17.3 Å². The fourth-order valence-corrected chi connectivity index (χ4v) is 3.97. The standard InChI is InChI=1S/C17H23ClN4/c1-20-7-3-5-15(13-20)21-8-10-22(11-9-21)17-14(12-19)4-2-6-16(17)18/h2,4,6,15H,3,5,7-11,13H2,1H3. The number of para-hydroxylation sites is 1. The third-order valence-electron chi connectivity index (χ3n) is 4.85. The summed E-state index contributed by atoms with van der Waals surface area (Å²) in [7, 11) is 2.21. The van der Waals surface area contributed by atoms with Gasteiger partial charge in [-0.1, -0.05) is 17.7 Å². The lowest BCUT2D eigenvalue weighted by Crippen LogP contribution is -2.54. The van der Waals surface area contributed by atoms with Crippen molar-refractivity contribution in [3.05, 3.63) is 28.8 Å². The first kappa shape index (κ1) is 15.6. The number of piperazine rings is 1. The molecule has 0 bridgehead atoms. The monoisotopic (exact) mass is 318 g/mol. The predicted octanol–water partition coefficient (Wildman–Crippen LogP) is 2.43. The highest BCUT2D eigenvalue weighted by Crippen LogP contribution is 2.30. The summed E-state index contributed by atoms with van der Waals surface area (Å²) < 4.78 is 0. The summed E-state index contributed by atoms with van der Waals surface area (Å²) in [5.41, 5.74) is 1.59. The van der Waals surface area contributed by atoms with Crippen molar-refractivity contribution in [1.29, 1.82) is 5.26 Å². The number of nitrogens with zero attached hydrogens (tertiary/aromatic N) is 4. The third-order valence-corrected chi connectivity index (χ3v) is 5.16. The number of anilines is 1. The van der Waals surface area contributed by atoms with Gasteiger partial charge >= 0.3 is 0 Å². The number of rotatable bonds is 2. The van der Waals surface area contributed by atoms with Gasteiger partial charge in [0.2, 0.25) is 0 Å². The maximum atomic E-state index is 9.31. The Balaban J connectivity index is 1.66. The Morgan fingerprint density at radius 3 is 2.64 bits per heavy atom. The molecule has 0 saturated carbocycles. The van der Waals surface area contributed by atoms with Crippen molar-refractivity contribution in [3.63, 3.8) is 0 Å². The van der Waals surface area contributed by atoms with Gasteiger partial charge in [-0.2, -0.15) is 5.26 Å². The number of nitriles is 1. The number of hydrogen-bond donors (Lipinski definition) is 0. The number of benzene rings is 1. The summed E-state index contributed by atoms with van der Waals surface area (Å²) in [6.07, 6.45) is 2.60. The van der Waals surface area contributed by atoms with Crippen LogP contribution in [0.4, 0.5) is 5.69 Å². The SMILES string of the molecule is CN1CCCC(N2CCN(c3c(Cl)cccc3C#N)CC2)C1. The zero-order valence-corrected chi connectivity index (χ0v) is 13.9. The van der Waals surface area contributed by atoms with E-state index in [-0.39, 0.29) is 0 Å². The molecule has 1 atom stereocenters. The van der Waals surface area contributed by atoms with Crippen LogP contribution in [-0.2, 0) is 0 Å². The van der Waals surface area contributed by atoms with Crippen molar-refractivity contribution in [2.75, 3.05) is 51.2 Å². The molecule has 0 N–H and O–H groups in total. The van der Waals surface area contributed by atoms with Gasteiger partial charge in [0.05, 0.1) is 16.3 Å². The van der Waals surface area contributed by atoms with Gasteiger partial charge in [0.1, 0.15) is 6.07 Å². The molecule has 1 aromatic rings. The van der Waals surface area contributed by atoms with Crippen LogP contribution in [-0.4, -0.2) is 62.2 Å². The average molecular weight is 319 g/mol. The highest BCUT2D eigenvalue weighted by molar-refractivity contribution is 6.33. The molecule has 0 aliphatic carbocycles. The number of halogens is 1. The molecule has 0 radical (unpaired) electrons. The fourth-order valence-electron chi connectivity index (χ4n) is 3.67. The van der Waals surface area contributed by atoms with E-state index in [4.69, 9.17) is 11.6 Å². The molecule has 118 valence electrons. The molecule has 0 aromatic heterocycles. The highest BCUT2D eigenvalue weighted by atomic mass is 35.5. The number of likely N-dealkylation sites (N-methyl/N-ethyl adjacent to an activating group) is 1. The lowest BCUT2D eigenvalue weighted by molar-refractivity contribution is 0.106. The van der Waals surface area contributed by atoms with Crippen LogP contribution >= 0.6 is 11.6 Å². The van der Waals surface area contributed by atoms with Crippen LogP contribution in [0.2, 0.25) is 5.02 Å². The van der Waals surface area contributed by atoms with Gasteiger partial charge in [0, 0.05) is 38.8 Å². The van der Waals surface area contributed by atoms with Crippen molar-refractivity contribution in [1.82, 2.24) is 9.80 Å². The Kier molecular flexibility index (Phi) is 4.87. The Morgan fingerprint density at radius 2 is 1.95 bits per heavy atom. The van der Waals surface area contributed by atoms with E-state index in [9.17, 15) is 5.26 Å². The minimum Gasteiger partial charge on any atom is -0.367 e. The molecule has 0 spiro atoms. The summed E-state index contributed by atoms with van der Waals surface area (Å²) in [6, 6.07) is 8.52. The molecule has 0 amide bonds. The van der Waals surface area contributed by atoms with Crippen LogP contribution in [0.25, 0.3) is 0 Å². The van der Waals surface area contributed by atoms with Crippen LogP contribution in [0, 0.1) is 11.3 Å². The van der Waals surface area contributed by atoms with E-state index >= 15 is 0 Å². The van der Waals surface area contributed by atoms with E-state index in [0.717, 1.165) is 31.9 Å². The first-order chi connectivity index (χ1) is 10.7. The zero-order valence-electron chi connectivity index (χ0n) is 13.1. The molecule has 2 aliphatic heterocycles. The van der Waals surface area contributed by atoms with Gasteiger partial charge in [-0.05, 0) is 38.6 Å². The Bertz CT molecular complexity index is 560. The Hall–Kier alpha value is -1.28. The molecule has 2 saturated heterocycles. The van der Waals surface area contributed by atoms with Gasteiger partial charge < -0.3 is 9.80 Å². The molecular formula is C17H23ClN4. The van der Waals surface area contributed by atoms with Crippen LogP contribution < -0.4 is 4.90 Å². The minimum atomic E-state index is 0.679. The second-order valence-electron chi connectivity index (χ2n) is 6.33. The first-order valence-corrected chi connectivity index (χ1v) is 8.43. The quantitative estimate of drug-likeness (QED) is 0.838. The van der Waals surface area contributed by atoms with E-state index in [1.54, 1.807) is 0 Å². The van der Waals surface area contributed by atoms with Crippen LogP contribution in [0.3, 0.4) is 0 Å². The van der Waals surface area contributed by atoms with Crippen molar-refractivity contribution < 1.29 is 0 Å². The number of piperidine rings is 1. The van der Waals surface area contributed by atoms with Gasteiger partial charge in [0.15, 0.2) is 0 Å². The second-order valence-corrected chi connectivity index (χ2v) is 6.74. The lowest BCUT2D eigenvalue weighted by Gasteiger charge is -2.43. The van der Waals surface area contributed by atoms with Gasteiger partial charge in [-0.25, -0.2) is 0 Å². The molecule has 2 aliphatic rings. The minimum absolute atomic E-state index is 0.679. The maximum absolute atomic E-state index is 9.31. The molecule has 3 rings (SSSR count). The van der Waals surface area contributed by atoms with Crippen molar-refractivity contribution in [2.45, 2.75) is 18.9 Å². The summed E-state index contributed by atoms with van der Waals surface area (Å²) in [5.74, 6) is 0. The molecule has 1 aromatic carbocycles. The molecule has 22 heavy (non-hydrogen) atoms. The van der Waals surface area contributed by atoms with Crippen LogP contribution in [0.15, 0.2) is 18.2 Å². The summed E-state index contributed by atoms with van der Waals surface area (Å²) in [5, 5.41) is 9.99. The van der Waals surface area contributed by atoms with Crippen LogP contribution in [0.1, 0.15) is 18.4 Å². The summed E-state index contributed by atoms with van der Waals surface area (Å²) in [4.78, 5) is 7.31. The lowest BCUT2D eigenvalue weighted by atomic mass is 10.0. The highest BCUT2D eigenvalue weighted by Gasteiger charge is 2.28. The van der Waals surface area contributed by atoms with E-state index in [1.807, 2.05) is 18.2 Å². The van der Waals surface area contributed by atoms with Gasteiger partial charge in [-0.3, -0.25) is 4.90 Å². The summed E-state index contributed by atoms with van der Waals surface area (Å²) >= 11 is 6.33. The smallest absolute Gasteiger partial charge is 0.101 e. The normalized spacial score (nSPS) is 24.2. The molecule has 4 nitrogen and oxygen atoms in total. The molecular weight excluding hydrogens is 296 g/mol. The average Bonchev–Trinajstić information content (AvgIpc) is 2.55.